The molecule has 0 aromatic heterocycles. The third kappa shape index (κ3) is 3.47. The molecule has 3 atom stereocenters. The summed E-state index contributed by atoms with van der Waals surface area (Å²) < 4.78 is 15.3. The molecule has 2 aromatic carbocycles. The average Bonchev–Trinajstić information content (AvgIpc) is 2.99. The Labute approximate surface area is 191 Å². The van der Waals surface area contributed by atoms with Gasteiger partial charge in [0.1, 0.15) is 12.1 Å². The van der Waals surface area contributed by atoms with Crippen molar-refractivity contribution in [1.29, 1.82) is 0 Å². The van der Waals surface area contributed by atoms with E-state index in [1.54, 1.807) is 24.3 Å². The maximum absolute atomic E-state index is 15.3. The molecule has 1 spiro atoms. The monoisotopic (exact) mass is 462 g/mol. The van der Waals surface area contributed by atoms with Gasteiger partial charge in [-0.3, -0.25) is 4.79 Å². The maximum atomic E-state index is 15.3. The van der Waals surface area contributed by atoms with Crippen LogP contribution in [-0.2, 0) is 15.0 Å². The van der Waals surface area contributed by atoms with Gasteiger partial charge in [-0.05, 0) is 42.2 Å². The van der Waals surface area contributed by atoms with Crippen LogP contribution >= 0.6 is 23.2 Å². The summed E-state index contributed by atoms with van der Waals surface area (Å²) in [6, 6.07) is 9.67. The standard InChI is InChI=1S/C24H25Cl2FN2O2/c1-23(17-9-8-15(25)12-19(17)28-14-31)21(16-6-5-7-18(26)22(16)27)20(13-30)29-24(23)10-3-2-4-11-24/h5-9,12-14,20-21,29H,2-4,10-11H2,1H3,(H,28,31)/t20?,21-,23+/m0/s1. The first-order valence-electron chi connectivity index (χ1n) is 10.5. The number of hydrogen-bond donors (Lipinski definition) is 2. The fraction of sp³-hybridized carbons (Fsp3) is 0.417. The number of halogens is 3. The van der Waals surface area contributed by atoms with Crippen molar-refractivity contribution in [1.82, 2.24) is 5.32 Å². The van der Waals surface area contributed by atoms with Crippen LogP contribution in [0.2, 0.25) is 10.0 Å². The van der Waals surface area contributed by atoms with Gasteiger partial charge in [0.2, 0.25) is 6.41 Å². The Bertz CT molecular complexity index is 1010. The number of hydrogen-bond acceptors (Lipinski definition) is 3. The smallest absolute Gasteiger partial charge is 0.211 e. The molecule has 1 saturated heterocycles. The number of rotatable bonds is 5. The van der Waals surface area contributed by atoms with E-state index in [0.717, 1.165) is 44.0 Å². The van der Waals surface area contributed by atoms with Gasteiger partial charge < -0.3 is 15.4 Å². The molecule has 7 heteroatoms. The van der Waals surface area contributed by atoms with Gasteiger partial charge in [0.25, 0.3) is 0 Å². The van der Waals surface area contributed by atoms with Crippen LogP contribution in [0.15, 0.2) is 36.4 Å². The Morgan fingerprint density at radius 2 is 1.87 bits per heavy atom. The zero-order valence-electron chi connectivity index (χ0n) is 17.3. The molecule has 1 heterocycles. The minimum absolute atomic E-state index is 0.0245. The zero-order chi connectivity index (χ0) is 22.2. The lowest BCUT2D eigenvalue weighted by atomic mass is 9.56. The highest BCUT2D eigenvalue weighted by Gasteiger charge is 2.63. The predicted molar refractivity (Wildman–Crippen MR) is 121 cm³/mol. The third-order valence-electron chi connectivity index (χ3n) is 7.34. The predicted octanol–water partition coefficient (Wildman–Crippen LogP) is 5.62. The molecular formula is C24H25Cl2FN2O2. The molecule has 1 aliphatic heterocycles. The Morgan fingerprint density at radius 3 is 2.55 bits per heavy atom. The quantitative estimate of drug-likeness (QED) is 0.567. The Balaban J connectivity index is 2.02. The van der Waals surface area contributed by atoms with Crippen molar-refractivity contribution in [3.63, 3.8) is 0 Å². The number of nitrogens with one attached hydrogen (secondary N) is 2. The van der Waals surface area contributed by atoms with E-state index < -0.39 is 28.7 Å². The van der Waals surface area contributed by atoms with E-state index in [9.17, 15) is 9.59 Å². The van der Waals surface area contributed by atoms with E-state index in [2.05, 4.69) is 17.6 Å². The van der Waals surface area contributed by atoms with Crippen LogP contribution in [0.1, 0.15) is 56.1 Å². The summed E-state index contributed by atoms with van der Waals surface area (Å²) in [7, 11) is 0. The van der Waals surface area contributed by atoms with Gasteiger partial charge in [-0.1, -0.05) is 67.6 Å². The SMILES string of the molecule is C[C@@]1(c2ccc(Cl)cc2NC=O)[C@@H](c2cccc(Cl)c2F)C(C=O)NC12CCCCC2. The van der Waals surface area contributed by atoms with E-state index in [1.165, 1.54) is 6.07 Å². The van der Waals surface area contributed by atoms with Crippen LogP contribution in [0, 0.1) is 5.82 Å². The Morgan fingerprint density at radius 1 is 1.13 bits per heavy atom. The van der Waals surface area contributed by atoms with Crippen molar-refractivity contribution in [3.8, 4) is 0 Å². The molecule has 1 amide bonds. The number of benzene rings is 2. The highest BCUT2D eigenvalue weighted by molar-refractivity contribution is 6.31. The van der Waals surface area contributed by atoms with Crippen LogP contribution in [0.3, 0.4) is 0 Å². The number of aldehydes is 1. The van der Waals surface area contributed by atoms with Gasteiger partial charge in [-0.25, -0.2) is 4.39 Å². The minimum Gasteiger partial charge on any atom is -0.328 e. The summed E-state index contributed by atoms with van der Waals surface area (Å²) >= 11 is 12.4. The molecule has 1 aliphatic carbocycles. The van der Waals surface area contributed by atoms with Crippen LogP contribution in [0.5, 0.6) is 0 Å². The number of amides is 1. The second-order valence-corrected chi connectivity index (χ2v) is 9.57. The van der Waals surface area contributed by atoms with Crippen molar-refractivity contribution in [2.45, 2.75) is 61.9 Å². The summed E-state index contributed by atoms with van der Waals surface area (Å²) in [4.78, 5) is 23.7. The minimum atomic E-state index is -0.708. The largest absolute Gasteiger partial charge is 0.328 e. The van der Waals surface area contributed by atoms with E-state index in [1.807, 2.05) is 6.07 Å². The summed E-state index contributed by atoms with van der Waals surface area (Å²) in [5, 5.41) is 6.88. The molecule has 2 N–H and O–H groups in total. The first-order valence-corrected chi connectivity index (χ1v) is 11.3. The molecular weight excluding hydrogens is 438 g/mol. The fourth-order valence-electron chi connectivity index (χ4n) is 5.98. The van der Waals surface area contributed by atoms with Gasteiger partial charge in [0, 0.05) is 27.6 Å². The topological polar surface area (TPSA) is 58.2 Å². The van der Waals surface area contributed by atoms with Crippen molar-refractivity contribution in [2.24, 2.45) is 0 Å². The lowest BCUT2D eigenvalue weighted by Crippen LogP contribution is -2.55. The second-order valence-electron chi connectivity index (χ2n) is 8.72. The molecule has 4 nitrogen and oxygen atoms in total. The number of anilines is 1. The highest BCUT2D eigenvalue weighted by atomic mass is 35.5. The highest BCUT2D eigenvalue weighted by Crippen LogP contribution is 2.59. The van der Waals surface area contributed by atoms with E-state index >= 15 is 4.39 Å². The lowest BCUT2D eigenvalue weighted by Gasteiger charge is -2.49. The van der Waals surface area contributed by atoms with Gasteiger partial charge in [-0.15, -0.1) is 0 Å². The molecule has 1 saturated carbocycles. The molecule has 4 rings (SSSR count). The zero-order valence-corrected chi connectivity index (χ0v) is 18.8. The van der Waals surface area contributed by atoms with Crippen molar-refractivity contribution < 1.29 is 14.0 Å². The second kappa shape index (κ2) is 8.53. The van der Waals surface area contributed by atoms with Crippen LogP contribution in [0.25, 0.3) is 0 Å². The van der Waals surface area contributed by atoms with Crippen LogP contribution in [0.4, 0.5) is 10.1 Å². The van der Waals surface area contributed by atoms with Gasteiger partial charge >= 0.3 is 0 Å². The molecule has 164 valence electrons. The number of carbonyl (C=O) groups excluding carboxylic acids is 2. The molecule has 31 heavy (non-hydrogen) atoms. The van der Waals surface area contributed by atoms with Crippen molar-refractivity contribution >= 4 is 41.6 Å². The van der Waals surface area contributed by atoms with Gasteiger partial charge in [-0.2, -0.15) is 0 Å². The van der Waals surface area contributed by atoms with Crippen molar-refractivity contribution in [2.75, 3.05) is 5.32 Å². The van der Waals surface area contributed by atoms with Crippen LogP contribution < -0.4 is 10.6 Å². The fourth-order valence-corrected chi connectivity index (χ4v) is 6.34. The summed E-state index contributed by atoms with van der Waals surface area (Å²) in [5.41, 5.74) is 0.640. The lowest BCUT2D eigenvalue weighted by molar-refractivity contribution is -0.109. The Hall–Kier alpha value is -1.95. The van der Waals surface area contributed by atoms with E-state index in [0.29, 0.717) is 22.7 Å². The van der Waals surface area contributed by atoms with Gasteiger partial charge in [0.05, 0.1) is 11.1 Å². The molecule has 2 aliphatic rings. The van der Waals surface area contributed by atoms with E-state index in [4.69, 9.17) is 23.2 Å². The Kier molecular flexibility index (Phi) is 6.12. The third-order valence-corrected chi connectivity index (χ3v) is 7.87. The first-order chi connectivity index (χ1) is 14.9. The summed E-state index contributed by atoms with van der Waals surface area (Å²) in [6.07, 6.45) is 6.29. The summed E-state index contributed by atoms with van der Waals surface area (Å²) in [5.74, 6) is -1.03. The molecule has 0 bridgehead atoms. The van der Waals surface area contributed by atoms with Crippen molar-refractivity contribution in [3.05, 3.63) is 63.4 Å². The number of carbonyl (C=O) groups is 2. The van der Waals surface area contributed by atoms with E-state index in [-0.39, 0.29) is 5.02 Å². The maximum Gasteiger partial charge on any atom is 0.211 e. The molecule has 2 fully saturated rings. The normalized spacial score (nSPS) is 27.2. The first kappa shape index (κ1) is 22.3. The van der Waals surface area contributed by atoms with Gasteiger partial charge in [0.15, 0.2) is 0 Å². The summed E-state index contributed by atoms with van der Waals surface area (Å²) in [6.45, 7) is 2.07. The molecule has 2 aromatic rings. The van der Waals surface area contributed by atoms with Crippen LogP contribution in [-0.4, -0.2) is 24.3 Å². The molecule has 1 unspecified atom stereocenters. The molecule has 0 radical (unpaired) electrons. The average molecular weight is 463 g/mol.